The van der Waals surface area contributed by atoms with Crippen molar-refractivity contribution in [1.82, 2.24) is 0 Å². The molecule has 1 aromatic heterocycles. The fourth-order valence-electron chi connectivity index (χ4n) is 1.45. The Hall–Kier alpha value is -2.21. The highest BCUT2D eigenvalue weighted by molar-refractivity contribution is 5.77. The molecule has 17 heavy (non-hydrogen) atoms. The van der Waals surface area contributed by atoms with Crippen molar-refractivity contribution in [3.05, 3.63) is 40.8 Å². The summed E-state index contributed by atoms with van der Waals surface area (Å²) in [7, 11) is 0. The van der Waals surface area contributed by atoms with E-state index in [1.807, 2.05) is 0 Å². The number of terminal acetylenes is 1. The van der Waals surface area contributed by atoms with Gasteiger partial charge in [-0.1, -0.05) is 5.92 Å². The summed E-state index contributed by atoms with van der Waals surface area (Å²) in [5.41, 5.74) is -0.278. The monoisotopic (exact) mass is 228 g/mol. The Labute approximate surface area is 99.0 Å². The number of hydrogen-bond acceptors (Lipinski definition) is 3. The third kappa shape index (κ3) is 2.31. The molecule has 0 saturated carbocycles. The molecule has 86 valence electrons. The van der Waals surface area contributed by atoms with Crippen LogP contribution in [0.25, 0.3) is 11.0 Å². The Morgan fingerprint density at radius 1 is 1.35 bits per heavy atom. The lowest BCUT2D eigenvalue weighted by Gasteiger charge is -2.20. The molecule has 1 heterocycles. The van der Waals surface area contributed by atoms with Crippen molar-refractivity contribution in [2.24, 2.45) is 0 Å². The van der Waals surface area contributed by atoms with Crippen molar-refractivity contribution in [3.63, 3.8) is 0 Å². The Morgan fingerprint density at radius 3 is 2.82 bits per heavy atom. The Morgan fingerprint density at radius 2 is 2.12 bits per heavy atom. The van der Waals surface area contributed by atoms with Crippen LogP contribution < -0.4 is 10.2 Å². The summed E-state index contributed by atoms with van der Waals surface area (Å²) in [6.45, 7) is 3.58. The zero-order valence-corrected chi connectivity index (χ0v) is 9.69. The van der Waals surface area contributed by atoms with Gasteiger partial charge in [0, 0.05) is 12.1 Å². The Bertz CT molecular complexity index is 644. The van der Waals surface area contributed by atoms with Crippen molar-refractivity contribution in [2.45, 2.75) is 19.4 Å². The third-order valence-corrected chi connectivity index (χ3v) is 2.35. The fourth-order valence-corrected chi connectivity index (χ4v) is 1.45. The van der Waals surface area contributed by atoms with Crippen molar-refractivity contribution in [3.8, 4) is 18.1 Å². The maximum absolute atomic E-state index is 11.5. The molecule has 3 nitrogen and oxygen atoms in total. The van der Waals surface area contributed by atoms with E-state index in [1.165, 1.54) is 12.3 Å². The zero-order chi connectivity index (χ0) is 12.5. The van der Waals surface area contributed by atoms with Gasteiger partial charge in [0.15, 0.2) is 11.0 Å². The first kappa shape index (κ1) is 11.3. The van der Waals surface area contributed by atoms with Gasteiger partial charge in [0.25, 0.3) is 0 Å². The second-order valence-electron chi connectivity index (χ2n) is 4.20. The van der Waals surface area contributed by atoms with Crippen LogP contribution in [0.1, 0.15) is 13.8 Å². The minimum absolute atomic E-state index is 0.0750. The summed E-state index contributed by atoms with van der Waals surface area (Å²) in [6.07, 6.45) is 6.70. The van der Waals surface area contributed by atoms with E-state index < -0.39 is 5.60 Å². The zero-order valence-electron chi connectivity index (χ0n) is 9.69. The first-order valence-electron chi connectivity index (χ1n) is 5.20. The van der Waals surface area contributed by atoms with Crippen LogP contribution in [0.4, 0.5) is 0 Å². The Kier molecular flexibility index (Phi) is 2.64. The molecular weight excluding hydrogens is 216 g/mol. The van der Waals surface area contributed by atoms with Gasteiger partial charge in [-0.05, 0) is 26.0 Å². The van der Waals surface area contributed by atoms with Crippen LogP contribution in [0.2, 0.25) is 0 Å². The van der Waals surface area contributed by atoms with Gasteiger partial charge in [-0.3, -0.25) is 4.79 Å². The minimum atomic E-state index is -0.692. The molecule has 0 bridgehead atoms. The molecule has 0 unspecified atom stereocenters. The summed E-state index contributed by atoms with van der Waals surface area (Å²) in [6, 6.07) is 6.42. The normalized spacial score (nSPS) is 11.1. The number of rotatable bonds is 2. The molecule has 0 aliphatic heterocycles. The van der Waals surface area contributed by atoms with E-state index in [-0.39, 0.29) is 5.43 Å². The van der Waals surface area contributed by atoms with Crippen molar-refractivity contribution < 1.29 is 9.15 Å². The van der Waals surface area contributed by atoms with Crippen LogP contribution in [-0.2, 0) is 0 Å². The van der Waals surface area contributed by atoms with Crippen molar-refractivity contribution in [2.75, 3.05) is 0 Å². The lowest BCUT2D eigenvalue weighted by molar-refractivity contribution is 0.172. The second-order valence-corrected chi connectivity index (χ2v) is 4.20. The van der Waals surface area contributed by atoms with E-state index >= 15 is 0 Å². The molecule has 0 saturated heterocycles. The van der Waals surface area contributed by atoms with E-state index in [2.05, 4.69) is 5.92 Å². The number of fused-ring (bicyclic) bond motifs is 1. The van der Waals surface area contributed by atoms with E-state index in [1.54, 1.807) is 32.0 Å². The fraction of sp³-hybridized carbons (Fsp3) is 0.214. The molecule has 2 rings (SSSR count). The predicted molar refractivity (Wildman–Crippen MR) is 66.0 cm³/mol. The lowest BCUT2D eigenvalue weighted by atomic mass is 10.1. The standard InChI is InChI=1S/C14H12O3/c1-4-14(2,3)17-10-5-6-11-12(15)7-8-16-13(11)9-10/h1,5-9H,2-3H3. The lowest BCUT2D eigenvalue weighted by Crippen LogP contribution is -2.25. The summed E-state index contributed by atoms with van der Waals surface area (Å²) in [5.74, 6) is 3.11. The van der Waals surface area contributed by atoms with Gasteiger partial charge < -0.3 is 9.15 Å². The highest BCUT2D eigenvalue weighted by atomic mass is 16.5. The summed E-state index contributed by atoms with van der Waals surface area (Å²) in [5, 5.41) is 0.526. The summed E-state index contributed by atoms with van der Waals surface area (Å²) in [4.78, 5) is 11.5. The highest BCUT2D eigenvalue weighted by Crippen LogP contribution is 2.22. The van der Waals surface area contributed by atoms with E-state index in [4.69, 9.17) is 15.6 Å². The van der Waals surface area contributed by atoms with Gasteiger partial charge in [-0.15, -0.1) is 6.42 Å². The number of hydrogen-bond donors (Lipinski definition) is 0. The van der Waals surface area contributed by atoms with Crippen molar-refractivity contribution >= 4 is 11.0 Å². The molecule has 0 atom stereocenters. The van der Waals surface area contributed by atoms with Crippen LogP contribution in [-0.4, -0.2) is 5.60 Å². The predicted octanol–water partition coefficient (Wildman–Crippen LogP) is 2.58. The number of ether oxygens (including phenoxy) is 1. The molecule has 1 aromatic carbocycles. The number of benzene rings is 1. The van der Waals surface area contributed by atoms with Crippen LogP contribution in [0.5, 0.6) is 5.75 Å². The van der Waals surface area contributed by atoms with Gasteiger partial charge in [-0.2, -0.15) is 0 Å². The van der Waals surface area contributed by atoms with E-state index in [9.17, 15) is 4.79 Å². The Balaban J connectivity index is 2.47. The maximum Gasteiger partial charge on any atom is 0.192 e. The minimum Gasteiger partial charge on any atom is -0.475 e. The second kappa shape index (κ2) is 3.99. The third-order valence-electron chi connectivity index (χ3n) is 2.35. The van der Waals surface area contributed by atoms with Gasteiger partial charge >= 0.3 is 0 Å². The molecule has 0 radical (unpaired) electrons. The molecule has 2 aromatic rings. The largest absolute Gasteiger partial charge is 0.475 e. The average Bonchev–Trinajstić information content (AvgIpc) is 2.29. The molecule has 0 aliphatic rings. The molecule has 3 heteroatoms. The van der Waals surface area contributed by atoms with E-state index in [0.717, 1.165) is 0 Å². The average molecular weight is 228 g/mol. The SMILES string of the molecule is C#CC(C)(C)Oc1ccc2c(=O)ccoc2c1. The maximum atomic E-state index is 11.5. The summed E-state index contributed by atoms with van der Waals surface area (Å²) >= 11 is 0. The molecule has 0 spiro atoms. The first-order valence-corrected chi connectivity index (χ1v) is 5.20. The van der Waals surface area contributed by atoms with Gasteiger partial charge in [0.05, 0.1) is 11.6 Å². The van der Waals surface area contributed by atoms with Crippen LogP contribution >= 0.6 is 0 Å². The highest BCUT2D eigenvalue weighted by Gasteiger charge is 2.16. The van der Waals surface area contributed by atoms with Gasteiger partial charge in [0.1, 0.15) is 11.3 Å². The molecular formula is C14H12O3. The molecule has 0 N–H and O–H groups in total. The van der Waals surface area contributed by atoms with Crippen molar-refractivity contribution in [1.29, 1.82) is 0 Å². The molecule has 0 fully saturated rings. The first-order chi connectivity index (χ1) is 8.02. The van der Waals surface area contributed by atoms with Gasteiger partial charge in [0.2, 0.25) is 0 Å². The molecule has 0 aliphatic carbocycles. The van der Waals surface area contributed by atoms with Crippen LogP contribution in [0.15, 0.2) is 39.7 Å². The molecule has 0 amide bonds. The van der Waals surface area contributed by atoms with Crippen LogP contribution in [0, 0.1) is 12.3 Å². The summed E-state index contributed by atoms with van der Waals surface area (Å²) < 4.78 is 10.9. The topological polar surface area (TPSA) is 39.4 Å². The van der Waals surface area contributed by atoms with Gasteiger partial charge in [-0.25, -0.2) is 0 Å². The quantitative estimate of drug-likeness (QED) is 0.741. The van der Waals surface area contributed by atoms with E-state index in [0.29, 0.717) is 16.7 Å². The smallest absolute Gasteiger partial charge is 0.192 e. The van der Waals surface area contributed by atoms with Crippen LogP contribution in [0.3, 0.4) is 0 Å².